The molecule has 8 heteroatoms. The lowest BCUT2D eigenvalue weighted by atomic mass is 9.94. The minimum atomic E-state index is -0.409. The molecule has 2 amide bonds. The van der Waals surface area contributed by atoms with Crippen LogP contribution in [0.3, 0.4) is 0 Å². The average molecular weight is 363 g/mol. The Balaban J connectivity index is 1.60. The number of hydrogen-bond acceptors (Lipinski definition) is 4. The molecule has 1 fully saturated rings. The molecular weight excluding hydrogens is 334 g/mol. The van der Waals surface area contributed by atoms with Gasteiger partial charge in [-0.2, -0.15) is 5.10 Å². The number of amides is 2. The van der Waals surface area contributed by atoms with Gasteiger partial charge in [0.25, 0.3) is 0 Å². The zero-order chi connectivity index (χ0) is 18.9. The number of piperazine rings is 1. The first kappa shape index (κ1) is 18.7. The molecule has 0 bridgehead atoms. The van der Waals surface area contributed by atoms with E-state index in [9.17, 15) is 14.4 Å². The van der Waals surface area contributed by atoms with Gasteiger partial charge in [-0.15, -0.1) is 0 Å². The fraction of sp³-hybridized carbons (Fsp3) is 0.778. The number of carbonyl (C=O) groups is 2. The maximum absolute atomic E-state index is 12.6. The van der Waals surface area contributed by atoms with Gasteiger partial charge in [0.1, 0.15) is 12.4 Å². The Kier molecular flexibility index (Phi) is 5.20. The van der Waals surface area contributed by atoms with Crippen LogP contribution in [0.15, 0.2) is 4.79 Å². The third kappa shape index (κ3) is 3.83. The van der Waals surface area contributed by atoms with Crippen LogP contribution in [0.5, 0.6) is 0 Å². The van der Waals surface area contributed by atoms with E-state index in [1.807, 2.05) is 25.7 Å². The van der Waals surface area contributed by atoms with Gasteiger partial charge in [-0.05, 0) is 12.8 Å². The van der Waals surface area contributed by atoms with Crippen molar-refractivity contribution in [2.24, 2.45) is 5.41 Å². The number of nitrogens with zero attached hydrogens (tertiary/aromatic N) is 5. The summed E-state index contributed by atoms with van der Waals surface area (Å²) in [6, 6.07) is 0. The van der Waals surface area contributed by atoms with Gasteiger partial charge in [0.2, 0.25) is 11.8 Å². The molecule has 0 radical (unpaired) electrons. The van der Waals surface area contributed by atoms with E-state index in [2.05, 4.69) is 5.10 Å². The summed E-state index contributed by atoms with van der Waals surface area (Å²) < 4.78 is 3.01. The van der Waals surface area contributed by atoms with E-state index in [1.54, 1.807) is 9.47 Å². The van der Waals surface area contributed by atoms with Crippen molar-refractivity contribution in [1.29, 1.82) is 0 Å². The summed E-state index contributed by atoms with van der Waals surface area (Å²) in [4.78, 5) is 40.9. The molecule has 0 aromatic carbocycles. The lowest BCUT2D eigenvalue weighted by Gasteiger charge is -2.37. The lowest BCUT2D eigenvalue weighted by molar-refractivity contribution is -0.145. The van der Waals surface area contributed by atoms with E-state index >= 15 is 0 Å². The van der Waals surface area contributed by atoms with Crippen LogP contribution < -0.4 is 5.69 Å². The summed E-state index contributed by atoms with van der Waals surface area (Å²) in [5.74, 6) is 0.794. The first-order valence-electron chi connectivity index (χ1n) is 9.51. The summed E-state index contributed by atoms with van der Waals surface area (Å²) >= 11 is 0. The van der Waals surface area contributed by atoms with E-state index < -0.39 is 5.41 Å². The van der Waals surface area contributed by atoms with Gasteiger partial charge in [0.05, 0.1) is 0 Å². The van der Waals surface area contributed by atoms with Crippen LogP contribution in [-0.4, -0.2) is 62.1 Å². The highest BCUT2D eigenvalue weighted by molar-refractivity contribution is 5.82. The maximum Gasteiger partial charge on any atom is 0.346 e. The van der Waals surface area contributed by atoms with Crippen molar-refractivity contribution >= 4 is 11.8 Å². The second-order valence-corrected chi connectivity index (χ2v) is 8.24. The molecule has 0 N–H and O–H groups in total. The van der Waals surface area contributed by atoms with E-state index in [1.165, 1.54) is 4.68 Å². The molecule has 2 aliphatic heterocycles. The maximum atomic E-state index is 12.6. The average Bonchev–Trinajstić information content (AvgIpc) is 2.77. The summed E-state index contributed by atoms with van der Waals surface area (Å²) in [7, 11) is 0. The number of aryl methyl sites for hydroxylation is 1. The molecule has 3 rings (SSSR count). The number of hydrogen-bond donors (Lipinski definition) is 0. The van der Waals surface area contributed by atoms with Crippen molar-refractivity contribution in [2.75, 3.05) is 26.2 Å². The number of aromatic nitrogens is 3. The van der Waals surface area contributed by atoms with Crippen LogP contribution in [-0.2, 0) is 29.1 Å². The van der Waals surface area contributed by atoms with Gasteiger partial charge in [0.15, 0.2) is 0 Å². The highest BCUT2D eigenvalue weighted by Crippen LogP contribution is 2.18. The normalized spacial score (nSPS) is 18.4. The van der Waals surface area contributed by atoms with Crippen molar-refractivity contribution in [3.63, 3.8) is 0 Å². The van der Waals surface area contributed by atoms with Crippen LogP contribution in [0, 0.1) is 5.41 Å². The SMILES string of the molecule is CC(C)(C)C(=O)N1CCN(C(=O)Cn2nc3n(c2=O)CCCCC3)CC1. The Labute approximate surface area is 153 Å². The summed E-state index contributed by atoms with van der Waals surface area (Å²) in [6.07, 6.45) is 3.92. The Morgan fingerprint density at radius 3 is 2.27 bits per heavy atom. The smallest absolute Gasteiger partial charge is 0.339 e. The van der Waals surface area contributed by atoms with E-state index in [4.69, 9.17) is 0 Å². The van der Waals surface area contributed by atoms with Crippen LogP contribution in [0.1, 0.15) is 45.9 Å². The molecule has 0 atom stereocenters. The topological polar surface area (TPSA) is 80.4 Å². The molecule has 1 saturated heterocycles. The molecule has 144 valence electrons. The summed E-state index contributed by atoms with van der Waals surface area (Å²) in [5.41, 5.74) is -0.593. The predicted molar refractivity (Wildman–Crippen MR) is 96.7 cm³/mol. The second-order valence-electron chi connectivity index (χ2n) is 8.24. The standard InChI is InChI=1S/C18H29N5O3/c1-18(2,3)16(25)21-11-9-20(10-12-21)15(24)13-23-17(26)22-8-6-4-5-7-14(22)19-23/h4-13H2,1-3H3. The van der Waals surface area contributed by atoms with Crippen molar-refractivity contribution in [1.82, 2.24) is 24.1 Å². The van der Waals surface area contributed by atoms with Gasteiger partial charge in [-0.25, -0.2) is 9.48 Å². The highest BCUT2D eigenvalue weighted by Gasteiger charge is 2.31. The molecule has 8 nitrogen and oxygen atoms in total. The monoisotopic (exact) mass is 363 g/mol. The predicted octanol–water partition coefficient (Wildman–Crippen LogP) is 0.488. The Morgan fingerprint density at radius 1 is 0.962 bits per heavy atom. The molecule has 0 unspecified atom stereocenters. The van der Waals surface area contributed by atoms with E-state index in [-0.39, 0.29) is 24.0 Å². The van der Waals surface area contributed by atoms with Gasteiger partial charge in [-0.3, -0.25) is 14.2 Å². The van der Waals surface area contributed by atoms with Gasteiger partial charge < -0.3 is 9.80 Å². The first-order chi connectivity index (χ1) is 12.3. The quantitative estimate of drug-likeness (QED) is 0.766. The molecule has 0 spiro atoms. The van der Waals surface area contributed by atoms with Gasteiger partial charge in [0, 0.05) is 44.6 Å². The molecule has 3 heterocycles. The third-order valence-corrected chi connectivity index (χ3v) is 5.13. The number of rotatable bonds is 2. The first-order valence-corrected chi connectivity index (χ1v) is 9.51. The Hall–Kier alpha value is -2.12. The number of fused-ring (bicyclic) bond motifs is 1. The molecular formula is C18H29N5O3. The van der Waals surface area contributed by atoms with Crippen LogP contribution in [0.4, 0.5) is 0 Å². The molecule has 2 aliphatic rings. The fourth-order valence-electron chi connectivity index (χ4n) is 3.59. The molecule has 0 saturated carbocycles. The molecule has 1 aromatic heterocycles. The molecule has 1 aromatic rings. The van der Waals surface area contributed by atoms with Gasteiger partial charge >= 0.3 is 5.69 Å². The molecule has 0 aliphatic carbocycles. The van der Waals surface area contributed by atoms with Gasteiger partial charge in [-0.1, -0.05) is 27.2 Å². The lowest BCUT2D eigenvalue weighted by Crippen LogP contribution is -2.53. The van der Waals surface area contributed by atoms with E-state index in [0.29, 0.717) is 32.7 Å². The summed E-state index contributed by atoms with van der Waals surface area (Å²) in [6.45, 7) is 8.47. The summed E-state index contributed by atoms with van der Waals surface area (Å²) in [5, 5.41) is 4.38. The zero-order valence-electron chi connectivity index (χ0n) is 16.0. The highest BCUT2D eigenvalue weighted by atomic mass is 16.2. The van der Waals surface area contributed by atoms with Crippen LogP contribution in [0.25, 0.3) is 0 Å². The van der Waals surface area contributed by atoms with E-state index in [0.717, 1.165) is 31.5 Å². The van der Waals surface area contributed by atoms with Crippen molar-refractivity contribution < 1.29 is 9.59 Å². The van der Waals surface area contributed by atoms with Crippen molar-refractivity contribution in [3.8, 4) is 0 Å². The largest absolute Gasteiger partial charge is 0.346 e. The molecule has 26 heavy (non-hydrogen) atoms. The number of carbonyl (C=O) groups excluding carboxylic acids is 2. The second kappa shape index (κ2) is 7.25. The fourth-order valence-corrected chi connectivity index (χ4v) is 3.59. The third-order valence-electron chi connectivity index (χ3n) is 5.13. The minimum absolute atomic E-state index is 0.0218. The van der Waals surface area contributed by atoms with Crippen LogP contribution in [0.2, 0.25) is 0 Å². The minimum Gasteiger partial charge on any atom is -0.339 e. The Bertz CT molecular complexity index is 735. The zero-order valence-corrected chi connectivity index (χ0v) is 16.0. The van der Waals surface area contributed by atoms with Crippen LogP contribution >= 0.6 is 0 Å². The van der Waals surface area contributed by atoms with Crippen molar-refractivity contribution in [2.45, 2.75) is 59.5 Å². The van der Waals surface area contributed by atoms with Crippen molar-refractivity contribution in [3.05, 3.63) is 16.3 Å². The Morgan fingerprint density at radius 2 is 1.62 bits per heavy atom.